The standard InChI is InChI=1S/C17H28N2OS/c1-4-16-12-19(9-10-21-16)17(11-18)14-5-7-15(8-6-14)20-13(2)3/h5-8,13,16-17H,4,9-12,18H2,1-3H3. The van der Waals surface area contributed by atoms with Gasteiger partial charge < -0.3 is 10.5 Å². The number of hydrogen-bond acceptors (Lipinski definition) is 4. The molecule has 1 aromatic carbocycles. The highest BCUT2D eigenvalue weighted by atomic mass is 32.2. The molecule has 21 heavy (non-hydrogen) atoms. The number of nitrogens with zero attached hydrogens (tertiary/aromatic N) is 1. The van der Waals surface area contributed by atoms with Crippen molar-refractivity contribution in [3.63, 3.8) is 0 Å². The van der Waals surface area contributed by atoms with Gasteiger partial charge >= 0.3 is 0 Å². The summed E-state index contributed by atoms with van der Waals surface area (Å²) in [4.78, 5) is 2.54. The highest BCUT2D eigenvalue weighted by Gasteiger charge is 2.25. The molecule has 1 aliphatic heterocycles. The summed E-state index contributed by atoms with van der Waals surface area (Å²) in [6.45, 7) is 9.32. The van der Waals surface area contributed by atoms with Gasteiger partial charge in [0.15, 0.2) is 0 Å². The molecule has 2 N–H and O–H groups in total. The predicted molar refractivity (Wildman–Crippen MR) is 92.1 cm³/mol. The lowest BCUT2D eigenvalue weighted by Crippen LogP contribution is -2.42. The Hall–Kier alpha value is -0.710. The molecule has 3 nitrogen and oxygen atoms in total. The fourth-order valence-electron chi connectivity index (χ4n) is 2.81. The Morgan fingerprint density at radius 3 is 2.62 bits per heavy atom. The Morgan fingerprint density at radius 1 is 1.33 bits per heavy atom. The van der Waals surface area contributed by atoms with Crippen molar-refractivity contribution in [2.24, 2.45) is 5.73 Å². The van der Waals surface area contributed by atoms with Crippen LogP contribution in [0.4, 0.5) is 0 Å². The molecule has 2 unspecified atom stereocenters. The number of ether oxygens (including phenoxy) is 1. The number of rotatable bonds is 6. The molecule has 0 saturated carbocycles. The van der Waals surface area contributed by atoms with Gasteiger partial charge in [0.1, 0.15) is 5.75 Å². The van der Waals surface area contributed by atoms with Crippen LogP contribution >= 0.6 is 11.8 Å². The van der Waals surface area contributed by atoms with Crippen LogP contribution in [0.25, 0.3) is 0 Å². The van der Waals surface area contributed by atoms with Gasteiger partial charge in [0.05, 0.1) is 6.10 Å². The molecule has 2 atom stereocenters. The predicted octanol–water partition coefficient (Wildman–Crippen LogP) is 3.30. The molecule has 1 saturated heterocycles. The third-order valence-electron chi connectivity index (χ3n) is 3.93. The van der Waals surface area contributed by atoms with E-state index in [1.54, 1.807) is 0 Å². The second-order valence-corrected chi connectivity index (χ2v) is 7.29. The van der Waals surface area contributed by atoms with E-state index < -0.39 is 0 Å². The van der Waals surface area contributed by atoms with E-state index in [9.17, 15) is 0 Å². The lowest BCUT2D eigenvalue weighted by atomic mass is 10.0. The van der Waals surface area contributed by atoms with Gasteiger partial charge in [-0.1, -0.05) is 19.1 Å². The van der Waals surface area contributed by atoms with E-state index in [4.69, 9.17) is 10.5 Å². The lowest BCUT2D eigenvalue weighted by Gasteiger charge is -2.37. The molecule has 1 heterocycles. The van der Waals surface area contributed by atoms with Crippen molar-refractivity contribution in [2.45, 2.75) is 44.6 Å². The minimum Gasteiger partial charge on any atom is -0.491 e. The number of benzene rings is 1. The molecule has 1 aliphatic rings. The molecule has 0 bridgehead atoms. The van der Waals surface area contributed by atoms with Crippen molar-refractivity contribution in [2.75, 3.05) is 25.4 Å². The molecule has 0 aromatic heterocycles. The maximum absolute atomic E-state index is 6.06. The summed E-state index contributed by atoms with van der Waals surface area (Å²) in [6, 6.07) is 8.78. The van der Waals surface area contributed by atoms with Crippen molar-refractivity contribution < 1.29 is 4.74 Å². The van der Waals surface area contributed by atoms with Gasteiger partial charge in [-0.2, -0.15) is 11.8 Å². The molecule has 0 amide bonds. The summed E-state index contributed by atoms with van der Waals surface area (Å²) in [7, 11) is 0. The second kappa shape index (κ2) is 8.06. The highest BCUT2D eigenvalue weighted by molar-refractivity contribution is 8.00. The highest BCUT2D eigenvalue weighted by Crippen LogP contribution is 2.29. The molecule has 118 valence electrons. The van der Waals surface area contributed by atoms with Gasteiger partial charge in [-0.25, -0.2) is 0 Å². The number of hydrogen-bond donors (Lipinski definition) is 1. The Balaban J connectivity index is 2.06. The van der Waals surface area contributed by atoms with Crippen LogP contribution in [0.1, 0.15) is 38.8 Å². The average Bonchev–Trinajstić information content (AvgIpc) is 2.49. The molecule has 2 rings (SSSR count). The Bertz CT molecular complexity index is 421. The van der Waals surface area contributed by atoms with Crippen molar-refractivity contribution >= 4 is 11.8 Å². The first kappa shape index (κ1) is 16.7. The summed E-state index contributed by atoms with van der Waals surface area (Å²) in [6.07, 6.45) is 1.45. The Labute approximate surface area is 133 Å². The molecule has 0 aliphatic carbocycles. The normalized spacial score (nSPS) is 21.5. The maximum atomic E-state index is 6.06. The fourth-order valence-corrected chi connectivity index (χ4v) is 4.01. The minimum absolute atomic E-state index is 0.214. The van der Waals surface area contributed by atoms with Gasteiger partial charge in [-0.05, 0) is 38.0 Å². The van der Waals surface area contributed by atoms with Crippen molar-refractivity contribution in [3.8, 4) is 5.75 Å². The molecular formula is C17H28N2OS. The molecule has 4 heteroatoms. The third-order valence-corrected chi connectivity index (χ3v) is 5.30. The third kappa shape index (κ3) is 4.63. The Morgan fingerprint density at radius 2 is 2.05 bits per heavy atom. The van der Waals surface area contributed by atoms with Gasteiger partial charge in [0.2, 0.25) is 0 Å². The van der Waals surface area contributed by atoms with Crippen LogP contribution in [0.2, 0.25) is 0 Å². The first-order chi connectivity index (χ1) is 10.1. The van der Waals surface area contributed by atoms with E-state index in [0.717, 1.165) is 24.1 Å². The van der Waals surface area contributed by atoms with Crippen molar-refractivity contribution in [3.05, 3.63) is 29.8 Å². The summed E-state index contributed by atoms with van der Waals surface area (Å²) >= 11 is 2.10. The molecule has 1 fully saturated rings. The average molecular weight is 308 g/mol. The van der Waals surface area contributed by atoms with Crippen LogP contribution in [0.5, 0.6) is 5.75 Å². The van der Waals surface area contributed by atoms with Gasteiger partial charge in [-0.15, -0.1) is 0 Å². The van der Waals surface area contributed by atoms with E-state index in [1.807, 2.05) is 13.8 Å². The summed E-state index contributed by atoms with van der Waals surface area (Å²) in [5, 5.41) is 0.747. The van der Waals surface area contributed by atoms with Crippen LogP contribution < -0.4 is 10.5 Å². The Kier molecular flexibility index (Phi) is 6.40. The minimum atomic E-state index is 0.214. The van der Waals surface area contributed by atoms with Crippen molar-refractivity contribution in [1.82, 2.24) is 4.90 Å². The van der Waals surface area contributed by atoms with E-state index in [0.29, 0.717) is 12.6 Å². The SMILES string of the molecule is CCC1CN(C(CN)c2ccc(OC(C)C)cc2)CCS1. The zero-order chi connectivity index (χ0) is 15.2. The van der Waals surface area contributed by atoms with Crippen LogP contribution in [0.15, 0.2) is 24.3 Å². The van der Waals surface area contributed by atoms with E-state index in [2.05, 4.69) is 47.9 Å². The fraction of sp³-hybridized carbons (Fsp3) is 0.647. The summed E-state index contributed by atoms with van der Waals surface area (Å²) in [5.74, 6) is 2.15. The van der Waals surface area contributed by atoms with Crippen LogP contribution in [-0.4, -0.2) is 41.6 Å². The van der Waals surface area contributed by atoms with E-state index >= 15 is 0 Å². The van der Waals surface area contributed by atoms with Gasteiger partial charge in [-0.3, -0.25) is 4.90 Å². The van der Waals surface area contributed by atoms with E-state index in [-0.39, 0.29) is 6.10 Å². The topological polar surface area (TPSA) is 38.5 Å². The quantitative estimate of drug-likeness (QED) is 0.875. The first-order valence-corrected chi connectivity index (χ1v) is 9.01. The smallest absolute Gasteiger partial charge is 0.119 e. The molecular weight excluding hydrogens is 280 g/mol. The van der Waals surface area contributed by atoms with Crippen molar-refractivity contribution in [1.29, 1.82) is 0 Å². The maximum Gasteiger partial charge on any atom is 0.119 e. The molecule has 0 radical (unpaired) electrons. The van der Waals surface area contributed by atoms with Crippen LogP contribution in [-0.2, 0) is 0 Å². The number of thioether (sulfide) groups is 1. The van der Waals surface area contributed by atoms with Crippen LogP contribution in [0.3, 0.4) is 0 Å². The second-order valence-electron chi connectivity index (χ2n) is 5.88. The molecule has 0 spiro atoms. The van der Waals surface area contributed by atoms with Gasteiger partial charge in [0.25, 0.3) is 0 Å². The van der Waals surface area contributed by atoms with Gasteiger partial charge in [0, 0.05) is 36.7 Å². The largest absolute Gasteiger partial charge is 0.491 e. The summed E-state index contributed by atoms with van der Waals surface area (Å²) < 4.78 is 5.71. The van der Waals surface area contributed by atoms with Crippen LogP contribution in [0, 0.1) is 0 Å². The first-order valence-electron chi connectivity index (χ1n) is 7.96. The van der Waals surface area contributed by atoms with E-state index in [1.165, 1.54) is 17.7 Å². The zero-order valence-corrected chi connectivity index (χ0v) is 14.2. The summed E-state index contributed by atoms with van der Waals surface area (Å²) in [5.41, 5.74) is 7.36. The number of nitrogens with two attached hydrogens (primary N) is 1. The monoisotopic (exact) mass is 308 g/mol. The lowest BCUT2D eigenvalue weighted by molar-refractivity contribution is 0.207. The molecule has 1 aromatic rings. The zero-order valence-electron chi connectivity index (χ0n) is 13.4.